The molecule has 21 heavy (non-hydrogen) atoms. The van der Waals surface area contributed by atoms with E-state index in [0.29, 0.717) is 37.5 Å². The third-order valence-corrected chi connectivity index (χ3v) is 3.54. The summed E-state index contributed by atoms with van der Waals surface area (Å²) in [4.78, 5) is 26.9. The van der Waals surface area contributed by atoms with Gasteiger partial charge >= 0.3 is 11.8 Å². The van der Waals surface area contributed by atoms with Gasteiger partial charge in [-0.15, -0.1) is 0 Å². The van der Waals surface area contributed by atoms with E-state index < -0.39 is 11.8 Å². The average Bonchev–Trinajstić information content (AvgIpc) is 2.52. The van der Waals surface area contributed by atoms with Crippen molar-refractivity contribution in [3.8, 4) is 11.8 Å². The highest BCUT2D eigenvalue weighted by Crippen LogP contribution is 2.21. The van der Waals surface area contributed by atoms with Crippen LogP contribution in [0.4, 0.5) is 0 Å². The van der Waals surface area contributed by atoms with Gasteiger partial charge in [-0.05, 0) is 24.6 Å². The van der Waals surface area contributed by atoms with Crippen LogP contribution in [0.25, 0.3) is 0 Å². The Morgan fingerprint density at radius 1 is 1.24 bits per heavy atom. The van der Waals surface area contributed by atoms with E-state index in [0.717, 1.165) is 5.56 Å². The standard InChI is InChI=1S/C15H17N3O3/c1-3-17-6-7-18(15(20)14(17)19)10-11-4-5-12(9-16)13(8-11)21-2/h4-5,8H,3,6-7,10H2,1-2H3. The molecule has 1 fully saturated rings. The molecule has 2 rings (SSSR count). The van der Waals surface area contributed by atoms with E-state index in [2.05, 4.69) is 0 Å². The van der Waals surface area contributed by atoms with Crippen LogP contribution < -0.4 is 4.74 Å². The van der Waals surface area contributed by atoms with E-state index in [4.69, 9.17) is 10.00 Å². The number of methoxy groups -OCH3 is 1. The Morgan fingerprint density at radius 2 is 1.90 bits per heavy atom. The van der Waals surface area contributed by atoms with Crippen molar-refractivity contribution in [2.45, 2.75) is 13.5 Å². The van der Waals surface area contributed by atoms with Crippen molar-refractivity contribution in [3.05, 3.63) is 29.3 Å². The average molecular weight is 287 g/mol. The van der Waals surface area contributed by atoms with Gasteiger partial charge in [0, 0.05) is 26.2 Å². The quantitative estimate of drug-likeness (QED) is 0.766. The lowest BCUT2D eigenvalue weighted by atomic mass is 10.1. The SMILES string of the molecule is CCN1CCN(Cc2ccc(C#N)c(OC)c2)C(=O)C1=O. The first-order valence-corrected chi connectivity index (χ1v) is 6.76. The van der Waals surface area contributed by atoms with E-state index in [1.165, 1.54) is 16.9 Å². The third kappa shape index (κ3) is 2.97. The molecule has 1 heterocycles. The number of benzene rings is 1. The van der Waals surface area contributed by atoms with Gasteiger partial charge < -0.3 is 14.5 Å². The summed E-state index contributed by atoms with van der Waals surface area (Å²) in [6.45, 7) is 3.80. The minimum Gasteiger partial charge on any atom is -0.495 e. The maximum Gasteiger partial charge on any atom is 0.312 e. The zero-order valence-corrected chi connectivity index (χ0v) is 12.1. The number of ether oxygens (including phenoxy) is 1. The number of hydrogen-bond donors (Lipinski definition) is 0. The normalized spacial score (nSPS) is 15.1. The van der Waals surface area contributed by atoms with Crippen LogP contribution in [0.15, 0.2) is 18.2 Å². The summed E-state index contributed by atoms with van der Waals surface area (Å²) < 4.78 is 5.15. The Morgan fingerprint density at radius 3 is 2.52 bits per heavy atom. The minimum atomic E-state index is -0.480. The highest BCUT2D eigenvalue weighted by Gasteiger charge is 2.31. The number of hydrogen-bond acceptors (Lipinski definition) is 4. The van der Waals surface area contributed by atoms with Gasteiger partial charge in [0.25, 0.3) is 0 Å². The van der Waals surface area contributed by atoms with Crippen molar-refractivity contribution in [1.82, 2.24) is 9.80 Å². The summed E-state index contributed by atoms with van der Waals surface area (Å²) in [6, 6.07) is 7.19. The number of piperazine rings is 1. The van der Waals surface area contributed by atoms with Gasteiger partial charge in [-0.2, -0.15) is 5.26 Å². The Bertz CT molecular complexity index is 607. The molecule has 0 atom stereocenters. The number of nitriles is 1. The maximum absolute atomic E-state index is 12.0. The molecule has 0 saturated carbocycles. The van der Waals surface area contributed by atoms with Crippen molar-refractivity contribution in [1.29, 1.82) is 5.26 Å². The molecule has 1 aliphatic rings. The maximum atomic E-state index is 12.0. The first kappa shape index (κ1) is 14.9. The van der Waals surface area contributed by atoms with Gasteiger partial charge in [-0.1, -0.05) is 6.07 Å². The lowest BCUT2D eigenvalue weighted by molar-refractivity contribution is -0.156. The molecular weight excluding hydrogens is 270 g/mol. The van der Waals surface area contributed by atoms with Crippen molar-refractivity contribution in [2.24, 2.45) is 0 Å². The fourth-order valence-electron chi connectivity index (χ4n) is 2.31. The molecule has 0 N–H and O–H groups in total. The first-order valence-electron chi connectivity index (χ1n) is 6.76. The number of amides is 2. The molecule has 0 bridgehead atoms. The van der Waals surface area contributed by atoms with Gasteiger partial charge in [0.05, 0.1) is 12.7 Å². The highest BCUT2D eigenvalue weighted by atomic mass is 16.5. The fraction of sp³-hybridized carbons (Fsp3) is 0.400. The van der Waals surface area contributed by atoms with Crippen LogP contribution in [0.5, 0.6) is 5.75 Å². The molecule has 110 valence electrons. The van der Waals surface area contributed by atoms with E-state index in [-0.39, 0.29) is 0 Å². The zero-order chi connectivity index (χ0) is 15.4. The van der Waals surface area contributed by atoms with Crippen LogP contribution in [-0.2, 0) is 16.1 Å². The molecule has 0 unspecified atom stereocenters. The topological polar surface area (TPSA) is 73.6 Å². The third-order valence-electron chi connectivity index (χ3n) is 3.54. The van der Waals surface area contributed by atoms with Crippen LogP contribution in [0.1, 0.15) is 18.1 Å². The minimum absolute atomic E-state index is 0.337. The van der Waals surface area contributed by atoms with E-state index in [9.17, 15) is 9.59 Å². The largest absolute Gasteiger partial charge is 0.495 e. The Labute approximate surface area is 123 Å². The number of likely N-dealkylation sites (N-methyl/N-ethyl adjacent to an activating group) is 1. The van der Waals surface area contributed by atoms with Gasteiger partial charge in [0.1, 0.15) is 11.8 Å². The number of nitrogens with zero attached hydrogens (tertiary/aromatic N) is 3. The van der Waals surface area contributed by atoms with Crippen LogP contribution in [0.2, 0.25) is 0 Å². The smallest absolute Gasteiger partial charge is 0.312 e. The fourth-order valence-corrected chi connectivity index (χ4v) is 2.31. The lowest BCUT2D eigenvalue weighted by Gasteiger charge is -2.33. The van der Waals surface area contributed by atoms with Gasteiger partial charge in [-0.25, -0.2) is 0 Å². The van der Waals surface area contributed by atoms with Crippen molar-refractivity contribution in [2.75, 3.05) is 26.7 Å². The molecule has 6 heteroatoms. The summed E-state index contributed by atoms with van der Waals surface area (Å²) in [6.07, 6.45) is 0. The van der Waals surface area contributed by atoms with Crippen molar-refractivity contribution < 1.29 is 14.3 Å². The first-order chi connectivity index (χ1) is 10.1. The zero-order valence-electron chi connectivity index (χ0n) is 12.1. The molecule has 1 aromatic rings. The summed E-state index contributed by atoms with van der Waals surface area (Å²) in [7, 11) is 1.49. The summed E-state index contributed by atoms with van der Waals surface area (Å²) >= 11 is 0. The molecule has 0 radical (unpaired) electrons. The molecule has 2 amide bonds. The number of rotatable bonds is 4. The Kier molecular flexibility index (Phi) is 4.43. The summed E-state index contributed by atoms with van der Waals surface area (Å²) in [5.41, 5.74) is 1.27. The number of carbonyl (C=O) groups excluding carboxylic acids is 2. The second-order valence-corrected chi connectivity index (χ2v) is 4.76. The Hall–Kier alpha value is -2.55. The predicted molar refractivity (Wildman–Crippen MR) is 75.4 cm³/mol. The highest BCUT2D eigenvalue weighted by molar-refractivity contribution is 6.35. The lowest BCUT2D eigenvalue weighted by Crippen LogP contribution is -2.53. The monoisotopic (exact) mass is 287 g/mol. The molecule has 1 saturated heterocycles. The molecule has 1 aromatic carbocycles. The number of carbonyl (C=O) groups is 2. The van der Waals surface area contributed by atoms with E-state index in [1.807, 2.05) is 13.0 Å². The Balaban J connectivity index is 2.14. The van der Waals surface area contributed by atoms with Crippen molar-refractivity contribution in [3.63, 3.8) is 0 Å². The van der Waals surface area contributed by atoms with Crippen LogP contribution in [0, 0.1) is 11.3 Å². The molecule has 1 aliphatic heterocycles. The summed E-state index contributed by atoms with van der Waals surface area (Å²) in [5, 5.41) is 8.95. The predicted octanol–water partition coefficient (Wildman–Crippen LogP) is 0.758. The summed E-state index contributed by atoms with van der Waals surface area (Å²) in [5.74, 6) is -0.461. The van der Waals surface area contributed by atoms with E-state index >= 15 is 0 Å². The van der Waals surface area contributed by atoms with Crippen LogP contribution in [0.3, 0.4) is 0 Å². The van der Waals surface area contributed by atoms with Gasteiger partial charge in [0.15, 0.2) is 0 Å². The molecule has 0 spiro atoms. The molecule has 0 aliphatic carbocycles. The molecule has 6 nitrogen and oxygen atoms in total. The second kappa shape index (κ2) is 6.27. The molecule has 0 aromatic heterocycles. The second-order valence-electron chi connectivity index (χ2n) is 4.76. The van der Waals surface area contributed by atoms with E-state index in [1.54, 1.807) is 18.2 Å². The molecular formula is C15H17N3O3. The van der Waals surface area contributed by atoms with Crippen molar-refractivity contribution >= 4 is 11.8 Å². The van der Waals surface area contributed by atoms with Crippen LogP contribution in [-0.4, -0.2) is 48.4 Å². The van der Waals surface area contributed by atoms with Gasteiger partial charge in [-0.3, -0.25) is 9.59 Å². The van der Waals surface area contributed by atoms with Crippen LogP contribution >= 0.6 is 0 Å². The van der Waals surface area contributed by atoms with Gasteiger partial charge in [0.2, 0.25) is 0 Å².